The first-order valence-electron chi connectivity index (χ1n) is 8.11. The van der Waals surface area contributed by atoms with Gasteiger partial charge in [-0.15, -0.1) is 11.3 Å². The Hall–Kier alpha value is -1.56. The maximum absolute atomic E-state index is 12.8. The van der Waals surface area contributed by atoms with E-state index in [0.29, 0.717) is 11.3 Å². The van der Waals surface area contributed by atoms with E-state index in [-0.39, 0.29) is 18.3 Å². The first-order valence-corrected chi connectivity index (χ1v) is 8.93. The van der Waals surface area contributed by atoms with Gasteiger partial charge < -0.3 is 4.74 Å². The summed E-state index contributed by atoms with van der Waals surface area (Å²) in [4.78, 5) is 12.8. The number of esters is 1. The molecule has 0 saturated heterocycles. The second kappa shape index (κ2) is 8.01. The minimum absolute atomic E-state index is 0.00395. The number of carbonyl (C=O) groups is 1. The third-order valence-corrected chi connectivity index (χ3v) is 5.15. The Morgan fingerprint density at radius 1 is 1.25 bits per heavy atom. The monoisotopic (exact) mass is 358 g/mol. The van der Waals surface area contributed by atoms with E-state index in [1.54, 1.807) is 6.92 Å². The smallest absolute Gasteiger partial charge is 0.416 e. The summed E-state index contributed by atoms with van der Waals surface area (Å²) in [6, 6.07) is 5.69. The number of benzene rings is 1. The number of carbonyl (C=O) groups excluding carboxylic acids is 1. The van der Waals surface area contributed by atoms with Crippen molar-refractivity contribution in [2.45, 2.75) is 51.6 Å². The number of unbranched alkanes of at least 4 members (excludes halogenated alkanes) is 1. The molecule has 0 radical (unpaired) electrons. The van der Waals surface area contributed by atoms with E-state index < -0.39 is 11.7 Å². The van der Waals surface area contributed by atoms with Gasteiger partial charge in [0.25, 0.3) is 0 Å². The third kappa shape index (κ3) is 4.72. The number of hydrogen-bond acceptors (Lipinski definition) is 3. The molecule has 0 aliphatic carbocycles. The average Bonchev–Trinajstić information content (AvgIpc) is 2.93. The standard InChI is InChI=1S/C18H21F3O2S/c1-3-5-6-12(10-17(22)23-4-2)15-9-13-7-8-14(18(19,20)21)11-16(13)24-15/h7-9,11-12H,3-6,10H2,1-2H3. The van der Waals surface area contributed by atoms with Crippen molar-refractivity contribution in [3.05, 3.63) is 34.7 Å². The summed E-state index contributed by atoms with van der Waals surface area (Å²) in [5, 5.41) is 0.786. The normalized spacial score (nSPS) is 13.2. The second-order valence-electron chi connectivity index (χ2n) is 5.75. The lowest BCUT2D eigenvalue weighted by molar-refractivity contribution is -0.143. The Bertz CT molecular complexity index is 691. The van der Waals surface area contributed by atoms with Crippen molar-refractivity contribution < 1.29 is 22.7 Å². The highest BCUT2D eigenvalue weighted by molar-refractivity contribution is 7.19. The van der Waals surface area contributed by atoms with E-state index >= 15 is 0 Å². The molecule has 0 amide bonds. The molecule has 24 heavy (non-hydrogen) atoms. The van der Waals surface area contributed by atoms with E-state index in [1.165, 1.54) is 23.5 Å². The van der Waals surface area contributed by atoms with Crippen LogP contribution in [0.25, 0.3) is 10.1 Å². The Kier molecular flexibility index (Phi) is 6.27. The van der Waals surface area contributed by atoms with Crippen LogP contribution in [0.3, 0.4) is 0 Å². The molecule has 6 heteroatoms. The lowest BCUT2D eigenvalue weighted by atomic mass is 9.96. The van der Waals surface area contributed by atoms with Crippen LogP contribution in [-0.2, 0) is 15.7 Å². The molecule has 0 saturated carbocycles. The van der Waals surface area contributed by atoms with Gasteiger partial charge in [-0.1, -0.05) is 25.8 Å². The van der Waals surface area contributed by atoms with Crippen molar-refractivity contribution in [2.24, 2.45) is 0 Å². The molecule has 0 N–H and O–H groups in total. The van der Waals surface area contributed by atoms with Crippen LogP contribution in [-0.4, -0.2) is 12.6 Å². The lowest BCUT2D eigenvalue weighted by Crippen LogP contribution is -2.09. The number of ether oxygens (including phenoxy) is 1. The van der Waals surface area contributed by atoms with E-state index in [9.17, 15) is 18.0 Å². The quantitative estimate of drug-likeness (QED) is 0.555. The Balaban J connectivity index is 2.29. The summed E-state index contributed by atoms with van der Waals surface area (Å²) in [6.07, 6.45) is -1.28. The summed E-state index contributed by atoms with van der Waals surface area (Å²) in [5.74, 6) is -0.261. The molecule has 0 bridgehead atoms. The zero-order valence-electron chi connectivity index (χ0n) is 13.8. The highest BCUT2D eigenvalue weighted by Gasteiger charge is 2.30. The molecule has 2 aromatic rings. The molecule has 1 aromatic carbocycles. The Labute approximate surface area is 143 Å². The van der Waals surface area contributed by atoms with Gasteiger partial charge in [0.1, 0.15) is 0 Å². The van der Waals surface area contributed by atoms with Crippen LogP contribution in [0.2, 0.25) is 0 Å². The molecule has 1 heterocycles. The van der Waals surface area contributed by atoms with Crippen molar-refractivity contribution in [1.29, 1.82) is 0 Å². The Morgan fingerprint density at radius 2 is 2.00 bits per heavy atom. The van der Waals surface area contributed by atoms with Gasteiger partial charge >= 0.3 is 12.1 Å². The summed E-state index contributed by atoms with van der Waals surface area (Å²) < 4.78 is 44.2. The van der Waals surface area contributed by atoms with Crippen LogP contribution < -0.4 is 0 Å². The molecule has 2 nitrogen and oxygen atoms in total. The van der Waals surface area contributed by atoms with Crippen LogP contribution >= 0.6 is 11.3 Å². The molecule has 0 spiro atoms. The highest BCUT2D eigenvalue weighted by Crippen LogP contribution is 2.38. The predicted octanol–water partition coefficient (Wildman–Crippen LogP) is 6.15. The van der Waals surface area contributed by atoms with Crippen LogP contribution in [0.15, 0.2) is 24.3 Å². The van der Waals surface area contributed by atoms with Gasteiger partial charge in [0, 0.05) is 15.5 Å². The zero-order chi connectivity index (χ0) is 17.7. The highest BCUT2D eigenvalue weighted by atomic mass is 32.1. The Morgan fingerprint density at radius 3 is 2.62 bits per heavy atom. The van der Waals surface area contributed by atoms with Gasteiger partial charge in [-0.25, -0.2) is 0 Å². The van der Waals surface area contributed by atoms with Gasteiger partial charge in [0.05, 0.1) is 18.6 Å². The van der Waals surface area contributed by atoms with Crippen molar-refractivity contribution in [1.82, 2.24) is 0 Å². The SMILES string of the molecule is CCCCC(CC(=O)OCC)c1cc2ccc(C(F)(F)F)cc2s1. The average molecular weight is 358 g/mol. The topological polar surface area (TPSA) is 26.3 Å². The minimum atomic E-state index is -4.34. The van der Waals surface area contributed by atoms with Gasteiger partial charge in [0.15, 0.2) is 0 Å². The van der Waals surface area contributed by atoms with E-state index in [4.69, 9.17) is 4.74 Å². The van der Waals surface area contributed by atoms with Crippen LogP contribution in [0.4, 0.5) is 13.2 Å². The first kappa shape index (κ1) is 18.8. The molecule has 2 rings (SSSR count). The first-order chi connectivity index (χ1) is 11.3. The van der Waals surface area contributed by atoms with Crippen LogP contribution in [0.5, 0.6) is 0 Å². The minimum Gasteiger partial charge on any atom is -0.466 e. The number of rotatable bonds is 7. The van der Waals surface area contributed by atoms with Crippen molar-refractivity contribution in [3.63, 3.8) is 0 Å². The fourth-order valence-electron chi connectivity index (χ4n) is 2.65. The summed E-state index contributed by atoms with van der Waals surface area (Å²) >= 11 is 1.34. The fraction of sp³-hybridized carbons (Fsp3) is 0.500. The summed E-state index contributed by atoms with van der Waals surface area (Å²) in [7, 11) is 0. The van der Waals surface area contributed by atoms with E-state index in [0.717, 1.165) is 35.6 Å². The van der Waals surface area contributed by atoms with E-state index in [1.807, 2.05) is 6.07 Å². The molecule has 0 aliphatic heterocycles. The summed E-state index contributed by atoms with van der Waals surface area (Å²) in [6.45, 7) is 4.17. The molecule has 0 fully saturated rings. The zero-order valence-corrected chi connectivity index (χ0v) is 14.6. The third-order valence-electron chi connectivity index (χ3n) is 3.89. The largest absolute Gasteiger partial charge is 0.466 e. The van der Waals surface area contributed by atoms with Gasteiger partial charge in [-0.3, -0.25) is 4.79 Å². The van der Waals surface area contributed by atoms with Gasteiger partial charge in [-0.05, 0) is 36.9 Å². The van der Waals surface area contributed by atoms with Crippen molar-refractivity contribution in [3.8, 4) is 0 Å². The van der Waals surface area contributed by atoms with E-state index in [2.05, 4.69) is 6.92 Å². The maximum Gasteiger partial charge on any atom is 0.416 e. The molecular formula is C18H21F3O2S. The molecule has 1 unspecified atom stereocenters. The van der Waals surface area contributed by atoms with Crippen LogP contribution in [0, 0.1) is 0 Å². The molecule has 0 aliphatic rings. The second-order valence-corrected chi connectivity index (χ2v) is 6.86. The number of halogens is 3. The number of hydrogen-bond donors (Lipinski definition) is 0. The predicted molar refractivity (Wildman–Crippen MR) is 90.3 cm³/mol. The van der Waals surface area contributed by atoms with Crippen molar-refractivity contribution in [2.75, 3.05) is 6.61 Å². The molecule has 1 atom stereocenters. The number of alkyl halides is 3. The van der Waals surface area contributed by atoms with Crippen LogP contribution in [0.1, 0.15) is 55.9 Å². The fourth-order valence-corrected chi connectivity index (χ4v) is 3.88. The molecule has 1 aromatic heterocycles. The molecule has 132 valence electrons. The van der Waals surface area contributed by atoms with Gasteiger partial charge in [-0.2, -0.15) is 13.2 Å². The number of thiophene rings is 1. The molecular weight excluding hydrogens is 337 g/mol. The lowest BCUT2D eigenvalue weighted by Gasteiger charge is -2.14. The maximum atomic E-state index is 12.8. The van der Waals surface area contributed by atoms with Gasteiger partial charge in [0.2, 0.25) is 0 Å². The van der Waals surface area contributed by atoms with Crippen molar-refractivity contribution >= 4 is 27.4 Å². The summed E-state index contributed by atoms with van der Waals surface area (Å²) in [5.41, 5.74) is -0.640. The number of fused-ring (bicyclic) bond motifs is 1.